The topological polar surface area (TPSA) is 69.1 Å². The van der Waals surface area contributed by atoms with E-state index in [4.69, 9.17) is 11.5 Å². The highest BCUT2D eigenvalue weighted by Gasteiger charge is 2.15. The zero-order valence-corrected chi connectivity index (χ0v) is 7.55. The number of halogens is 2. The summed E-state index contributed by atoms with van der Waals surface area (Å²) in [5, 5.41) is 0. The minimum atomic E-state index is -1.17. The van der Waals surface area contributed by atoms with Crippen molar-refractivity contribution in [3.05, 3.63) is 0 Å². The van der Waals surface area contributed by atoms with E-state index in [-0.39, 0.29) is 18.7 Å². The number of rotatable bonds is 4. The number of hydrogen-bond donors (Lipinski definition) is 2. The van der Waals surface area contributed by atoms with Crippen LogP contribution in [0.3, 0.4) is 0 Å². The standard InChI is InChI=1S/C5H10FIN2O/c6-5(7)4(9)1-3(10)2-8/h4-5H,1-2,8-9H2. The molecule has 2 atom stereocenters. The summed E-state index contributed by atoms with van der Waals surface area (Å²) in [7, 11) is 0. The van der Waals surface area contributed by atoms with Gasteiger partial charge in [-0.2, -0.15) is 0 Å². The summed E-state index contributed by atoms with van der Waals surface area (Å²) in [5.74, 6) is -0.202. The lowest BCUT2D eigenvalue weighted by Gasteiger charge is -2.08. The van der Waals surface area contributed by atoms with Crippen molar-refractivity contribution >= 4 is 28.4 Å². The monoisotopic (exact) mass is 260 g/mol. The van der Waals surface area contributed by atoms with Gasteiger partial charge in [0.05, 0.1) is 12.6 Å². The predicted octanol–water partition coefficient (Wildman–Crippen LogP) is -0.0378. The van der Waals surface area contributed by atoms with Crippen LogP contribution in [-0.4, -0.2) is 22.5 Å². The summed E-state index contributed by atoms with van der Waals surface area (Å²) in [6, 6.07) is -0.711. The first kappa shape index (κ1) is 10.2. The fourth-order valence-electron chi connectivity index (χ4n) is 0.435. The van der Waals surface area contributed by atoms with Crippen molar-refractivity contribution in [2.75, 3.05) is 6.54 Å². The SMILES string of the molecule is NCC(=O)CC(N)C(F)I. The fraction of sp³-hybridized carbons (Fsp3) is 0.800. The molecule has 0 spiro atoms. The van der Waals surface area contributed by atoms with E-state index in [1.165, 1.54) is 22.6 Å². The molecule has 60 valence electrons. The number of carbonyl (C=O) groups is 1. The number of alkyl halides is 2. The Morgan fingerprint density at radius 1 is 1.70 bits per heavy atom. The third-order valence-electron chi connectivity index (χ3n) is 1.01. The average molecular weight is 260 g/mol. The molecule has 3 nitrogen and oxygen atoms in total. The molecule has 0 saturated heterocycles. The van der Waals surface area contributed by atoms with Gasteiger partial charge in [0, 0.05) is 6.42 Å². The summed E-state index contributed by atoms with van der Waals surface area (Å²) in [5.41, 5.74) is 10.2. The van der Waals surface area contributed by atoms with Gasteiger partial charge in [-0.25, -0.2) is 4.39 Å². The molecule has 0 saturated carbocycles. The van der Waals surface area contributed by atoms with Crippen molar-refractivity contribution in [2.45, 2.75) is 16.6 Å². The van der Waals surface area contributed by atoms with E-state index < -0.39 is 10.2 Å². The second-order valence-corrected chi connectivity index (χ2v) is 3.14. The second-order valence-electron chi connectivity index (χ2n) is 1.95. The summed E-state index contributed by atoms with van der Waals surface area (Å²) < 4.78 is 11.1. The van der Waals surface area contributed by atoms with Crippen LogP contribution in [0.15, 0.2) is 0 Å². The summed E-state index contributed by atoms with van der Waals surface area (Å²) in [4.78, 5) is 10.6. The van der Waals surface area contributed by atoms with Gasteiger partial charge in [-0.15, -0.1) is 0 Å². The molecule has 0 radical (unpaired) electrons. The summed E-state index contributed by atoms with van der Waals surface area (Å²) in [6.07, 6.45) is 0.0284. The van der Waals surface area contributed by atoms with E-state index in [1.807, 2.05) is 0 Å². The number of ketones is 1. The Hall–Kier alpha value is 0.250. The van der Waals surface area contributed by atoms with Crippen LogP contribution in [0.4, 0.5) is 4.39 Å². The Morgan fingerprint density at radius 2 is 2.20 bits per heavy atom. The normalized spacial score (nSPS) is 16.4. The van der Waals surface area contributed by atoms with Crippen LogP contribution in [0.5, 0.6) is 0 Å². The lowest BCUT2D eigenvalue weighted by molar-refractivity contribution is -0.118. The molecule has 10 heavy (non-hydrogen) atoms. The Balaban J connectivity index is 3.57. The van der Waals surface area contributed by atoms with Gasteiger partial charge in [0.1, 0.15) is 5.78 Å². The Labute approximate surface area is 72.5 Å². The molecule has 0 heterocycles. The number of Topliss-reactive ketones (excluding diaryl/α,β-unsaturated/α-hetero) is 1. The molecule has 0 bridgehead atoms. The Morgan fingerprint density at radius 3 is 2.50 bits per heavy atom. The molecular weight excluding hydrogens is 250 g/mol. The number of nitrogens with two attached hydrogens (primary N) is 2. The van der Waals surface area contributed by atoms with Gasteiger partial charge in [-0.1, -0.05) is 0 Å². The third-order valence-corrected chi connectivity index (χ3v) is 1.94. The molecule has 0 aromatic heterocycles. The van der Waals surface area contributed by atoms with Crippen LogP contribution in [0.2, 0.25) is 0 Å². The maximum Gasteiger partial charge on any atom is 0.166 e. The van der Waals surface area contributed by atoms with Gasteiger partial charge in [0.15, 0.2) is 4.18 Å². The Bertz CT molecular complexity index is 120. The van der Waals surface area contributed by atoms with Gasteiger partial charge >= 0.3 is 0 Å². The summed E-state index contributed by atoms with van der Waals surface area (Å²) >= 11 is 1.53. The maximum absolute atomic E-state index is 12.3. The van der Waals surface area contributed by atoms with E-state index in [0.29, 0.717) is 0 Å². The highest BCUT2D eigenvalue weighted by atomic mass is 127. The van der Waals surface area contributed by atoms with E-state index in [9.17, 15) is 9.18 Å². The van der Waals surface area contributed by atoms with E-state index >= 15 is 0 Å². The van der Waals surface area contributed by atoms with E-state index in [2.05, 4.69) is 0 Å². The molecule has 4 N–H and O–H groups in total. The van der Waals surface area contributed by atoms with Crippen LogP contribution < -0.4 is 11.5 Å². The second kappa shape index (κ2) is 4.97. The quantitative estimate of drug-likeness (QED) is 0.550. The van der Waals surface area contributed by atoms with Crippen molar-refractivity contribution in [3.8, 4) is 0 Å². The van der Waals surface area contributed by atoms with Crippen molar-refractivity contribution in [1.82, 2.24) is 0 Å². The fourth-order valence-corrected chi connectivity index (χ4v) is 0.690. The van der Waals surface area contributed by atoms with Crippen molar-refractivity contribution < 1.29 is 9.18 Å². The molecule has 0 aliphatic heterocycles. The highest BCUT2D eigenvalue weighted by molar-refractivity contribution is 14.1. The first-order valence-corrected chi connectivity index (χ1v) is 4.08. The molecule has 2 unspecified atom stereocenters. The van der Waals surface area contributed by atoms with Crippen molar-refractivity contribution in [1.29, 1.82) is 0 Å². The zero-order valence-electron chi connectivity index (χ0n) is 5.39. The molecule has 0 aromatic carbocycles. The van der Waals surface area contributed by atoms with Gasteiger partial charge in [-0.05, 0) is 22.6 Å². The maximum atomic E-state index is 12.3. The molecule has 0 aromatic rings. The summed E-state index contributed by atoms with van der Waals surface area (Å²) in [6.45, 7) is -0.0585. The van der Waals surface area contributed by atoms with Gasteiger partial charge in [0.2, 0.25) is 0 Å². The minimum Gasteiger partial charge on any atom is -0.324 e. The molecule has 5 heteroatoms. The molecule has 0 aliphatic rings. The molecule has 0 fully saturated rings. The van der Waals surface area contributed by atoms with Gasteiger partial charge in [0.25, 0.3) is 0 Å². The molecule has 0 amide bonds. The molecular formula is C5H10FIN2O. The average Bonchev–Trinajstić information content (AvgIpc) is 1.87. The van der Waals surface area contributed by atoms with E-state index in [1.54, 1.807) is 0 Å². The van der Waals surface area contributed by atoms with Crippen molar-refractivity contribution in [2.24, 2.45) is 11.5 Å². The Kier molecular flexibility index (Phi) is 5.10. The smallest absolute Gasteiger partial charge is 0.166 e. The first-order valence-electron chi connectivity index (χ1n) is 2.83. The molecule has 0 aliphatic carbocycles. The van der Waals surface area contributed by atoms with Crippen LogP contribution in [0.1, 0.15) is 6.42 Å². The first-order chi connectivity index (χ1) is 4.57. The van der Waals surface area contributed by atoms with Crippen LogP contribution in [0.25, 0.3) is 0 Å². The minimum absolute atomic E-state index is 0.0284. The van der Waals surface area contributed by atoms with E-state index in [0.717, 1.165) is 0 Å². The van der Waals surface area contributed by atoms with Crippen LogP contribution >= 0.6 is 22.6 Å². The number of carbonyl (C=O) groups excluding carboxylic acids is 1. The van der Waals surface area contributed by atoms with Crippen molar-refractivity contribution in [3.63, 3.8) is 0 Å². The lowest BCUT2D eigenvalue weighted by Crippen LogP contribution is -2.32. The van der Waals surface area contributed by atoms with Gasteiger partial charge < -0.3 is 11.5 Å². The largest absolute Gasteiger partial charge is 0.324 e. The zero-order chi connectivity index (χ0) is 8.15. The number of hydrogen-bond acceptors (Lipinski definition) is 3. The van der Waals surface area contributed by atoms with Gasteiger partial charge in [-0.3, -0.25) is 4.79 Å². The predicted molar refractivity (Wildman–Crippen MR) is 45.6 cm³/mol. The third kappa shape index (κ3) is 4.13. The molecule has 0 rings (SSSR count). The lowest BCUT2D eigenvalue weighted by atomic mass is 10.2. The highest BCUT2D eigenvalue weighted by Crippen LogP contribution is 2.08. The van der Waals surface area contributed by atoms with Crippen LogP contribution in [0, 0.1) is 0 Å². The van der Waals surface area contributed by atoms with Crippen LogP contribution in [-0.2, 0) is 4.79 Å².